The zero-order chi connectivity index (χ0) is 24.3. The summed E-state index contributed by atoms with van der Waals surface area (Å²) in [6.07, 6.45) is -3.38. The number of carbonyl (C=O) groups is 1. The standard InChI is InChI=1S/C25H24ClF3N4O/c1-17(24(34)33-14-12-32(13-15-33)22-8-4-19(26)5-9-22)18-2-6-20(7-3-18)31-21-10-11-30-23(16-21)25(27,28)29/h2-11,16-17H,12-15H2,1H3,(H,30,31). The Morgan fingerprint density at radius 3 is 2.24 bits per heavy atom. The topological polar surface area (TPSA) is 48.5 Å². The molecule has 9 heteroatoms. The molecule has 1 unspecified atom stereocenters. The van der Waals surface area contributed by atoms with Crippen molar-refractivity contribution < 1.29 is 18.0 Å². The number of hydrogen-bond acceptors (Lipinski definition) is 4. The number of rotatable bonds is 5. The molecule has 0 radical (unpaired) electrons. The summed E-state index contributed by atoms with van der Waals surface area (Å²) in [5, 5.41) is 3.64. The Morgan fingerprint density at radius 1 is 0.971 bits per heavy atom. The van der Waals surface area contributed by atoms with Gasteiger partial charge in [0.1, 0.15) is 5.69 Å². The van der Waals surface area contributed by atoms with E-state index in [0.717, 1.165) is 36.6 Å². The van der Waals surface area contributed by atoms with Gasteiger partial charge in [0.25, 0.3) is 0 Å². The molecule has 1 aliphatic rings. The second-order valence-electron chi connectivity index (χ2n) is 8.18. The molecule has 34 heavy (non-hydrogen) atoms. The number of amides is 1. The first-order valence-electron chi connectivity index (χ1n) is 10.9. The van der Waals surface area contributed by atoms with Crippen LogP contribution < -0.4 is 10.2 Å². The Kier molecular flexibility index (Phi) is 6.97. The molecule has 2 aromatic carbocycles. The predicted molar refractivity (Wildman–Crippen MR) is 128 cm³/mol. The van der Waals surface area contributed by atoms with Gasteiger partial charge in [0.05, 0.1) is 5.92 Å². The van der Waals surface area contributed by atoms with E-state index in [2.05, 4.69) is 15.2 Å². The van der Waals surface area contributed by atoms with Crippen molar-refractivity contribution in [3.8, 4) is 0 Å². The molecule has 0 saturated carbocycles. The maximum atomic E-state index is 13.1. The minimum atomic E-state index is -4.50. The van der Waals surface area contributed by atoms with Crippen molar-refractivity contribution in [2.75, 3.05) is 36.4 Å². The predicted octanol–water partition coefficient (Wildman–Crippen LogP) is 5.95. The van der Waals surface area contributed by atoms with E-state index in [9.17, 15) is 18.0 Å². The molecule has 178 valence electrons. The van der Waals surface area contributed by atoms with E-state index in [1.807, 2.05) is 48.2 Å². The lowest BCUT2D eigenvalue weighted by Gasteiger charge is -2.37. The molecule has 0 spiro atoms. The molecule has 1 saturated heterocycles. The molecule has 4 rings (SSSR count). The van der Waals surface area contributed by atoms with Gasteiger partial charge in [-0.1, -0.05) is 23.7 Å². The molecular formula is C25H24ClF3N4O. The van der Waals surface area contributed by atoms with Crippen LogP contribution in [0.5, 0.6) is 0 Å². The van der Waals surface area contributed by atoms with Gasteiger partial charge in [0.2, 0.25) is 5.91 Å². The summed E-state index contributed by atoms with van der Waals surface area (Å²) < 4.78 is 38.6. The zero-order valence-corrected chi connectivity index (χ0v) is 19.3. The molecule has 1 amide bonds. The number of pyridine rings is 1. The molecular weight excluding hydrogens is 465 g/mol. The number of carbonyl (C=O) groups excluding carboxylic acids is 1. The summed E-state index contributed by atoms with van der Waals surface area (Å²) in [6.45, 7) is 4.63. The number of piperazine rings is 1. The molecule has 0 bridgehead atoms. The molecule has 3 aromatic rings. The third kappa shape index (κ3) is 5.62. The first-order valence-corrected chi connectivity index (χ1v) is 11.3. The Balaban J connectivity index is 1.35. The SMILES string of the molecule is CC(C(=O)N1CCN(c2ccc(Cl)cc2)CC1)c1ccc(Nc2ccnc(C(F)(F)F)c2)cc1. The maximum absolute atomic E-state index is 13.1. The highest BCUT2D eigenvalue weighted by atomic mass is 35.5. The molecule has 1 fully saturated rings. The van der Waals surface area contributed by atoms with E-state index in [1.54, 1.807) is 12.1 Å². The normalized spacial score (nSPS) is 15.2. The van der Waals surface area contributed by atoms with Gasteiger partial charge in [-0.2, -0.15) is 13.2 Å². The highest BCUT2D eigenvalue weighted by molar-refractivity contribution is 6.30. The van der Waals surface area contributed by atoms with Gasteiger partial charge in [-0.05, 0) is 61.0 Å². The van der Waals surface area contributed by atoms with E-state index < -0.39 is 11.9 Å². The summed E-state index contributed by atoms with van der Waals surface area (Å²) in [6, 6.07) is 17.3. The number of halogens is 4. The lowest BCUT2D eigenvalue weighted by molar-refractivity contribution is -0.141. The summed E-state index contributed by atoms with van der Waals surface area (Å²) in [4.78, 5) is 20.5. The third-order valence-electron chi connectivity index (χ3n) is 5.90. The van der Waals surface area contributed by atoms with Gasteiger partial charge in [-0.15, -0.1) is 0 Å². The van der Waals surface area contributed by atoms with Crippen LogP contribution in [0, 0.1) is 0 Å². The number of benzene rings is 2. The van der Waals surface area contributed by atoms with Crippen LogP contribution in [-0.2, 0) is 11.0 Å². The third-order valence-corrected chi connectivity index (χ3v) is 6.16. The van der Waals surface area contributed by atoms with Crippen molar-refractivity contribution in [2.45, 2.75) is 19.0 Å². The second kappa shape index (κ2) is 9.93. The lowest BCUT2D eigenvalue weighted by atomic mass is 9.99. The average Bonchev–Trinajstić information content (AvgIpc) is 2.84. The molecule has 0 aliphatic carbocycles. The van der Waals surface area contributed by atoms with Crippen LogP contribution in [0.1, 0.15) is 24.1 Å². The van der Waals surface area contributed by atoms with Crippen molar-refractivity contribution in [3.05, 3.63) is 83.1 Å². The number of nitrogens with one attached hydrogen (secondary N) is 1. The molecule has 1 aliphatic heterocycles. The Labute approximate surface area is 201 Å². The first-order chi connectivity index (χ1) is 16.2. The fraction of sp³-hybridized carbons (Fsp3) is 0.280. The highest BCUT2D eigenvalue weighted by Crippen LogP contribution is 2.30. The van der Waals surface area contributed by atoms with Crippen LogP contribution in [0.15, 0.2) is 66.9 Å². The van der Waals surface area contributed by atoms with E-state index >= 15 is 0 Å². The number of anilines is 3. The van der Waals surface area contributed by atoms with Gasteiger partial charge in [0, 0.05) is 54.5 Å². The van der Waals surface area contributed by atoms with Gasteiger partial charge < -0.3 is 15.1 Å². The van der Waals surface area contributed by atoms with Crippen molar-refractivity contribution >= 4 is 34.6 Å². The minimum absolute atomic E-state index is 0.0559. The van der Waals surface area contributed by atoms with Crippen molar-refractivity contribution in [1.82, 2.24) is 9.88 Å². The number of hydrogen-bond donors (Lipinski definition) is 1. The van der Waals surface area contributed by atoms with Crippen molar-refractivity contribution in [1.29, 1.82) is 0 Å². The molecule has 1 atom stereocenters. The monoisotopic (exact) mass is 488 g/mol. The summed E-state index contributed by atoms with van der Waals surface area (Å²) >= 11 is 5.96. The van der Waals surface area contributed by atoms with Gasteiger partial charge in [-0.25, -0.2) is 0 Å². The van der Waals surface area contributed by atoms with Crippen LogP contribution in [-0.4, -0.2) is 42.0 Å². The lowest BCUT2D eigenvalue weighted by Crippen LogP contribution is -2.49. The fourth-order valence-corrected chi connectivity index (χ4v) is 4.06. The van der Waals surface area contributed by atoms with E-state index in [0.29, 0.717) is 23.8 Å². The van der Waals surface area contributed by atoms with Gasteiger partial charge >= 0.3 is 6.18 Å². The zero-order valence-electron chi connectivity index (χ0n) is 18.5. The average molecular weight is 489 g/mol. The summed E-state index contributed by atoms with van der Waals surface area (Å²) in [7, 11) is 0. The summed E-state index contributed by atoms with van der Waals surface area (Å²) in [5.41, 5.74) is 1.90. The van der Waals surface area contributed by atoms with Crippen LogP contribution in [0.4, 0.5) is 30.2 Å². The molecule has 5 nitrogen and oxygen atoms in total. The van der Waals surface area contributed by atoms with Crippen molar-refractivity contribution in [2.24, 2.45) is 0 Å². The minimum Gasteiger partial charge on any atom is -0.368 e. The second-order valence-corrected chi connectivity index (χ2v) is 8.62. The van der Waals surface area contributed by atoms with E-state index in [-0.39, 0.29) is 17.5 Å². The van der Waals surface area contributed by atoms with Crippen LogP contribution in [0.2, 0.25) is 5.02 Å². The van der Waals surface area contributed by atoms with Crippen LogP contribution in [0.3, 0.4) is 0 Å². The van der Waals surface area contributed by atoms with Crippen molar-refractivity contribution in [3.63, 3.8) is 0 Å². The molecule has 2 heterocycles. The Hall–Kier alpha value is -3.26. The smallest absolute Gasteiger partial charge is 0.368 e. The number of alkyl halides is 3. The van der Waals surface area contributed by atoms with E-state index in [4.69, 9.17) is 11.6 Å². The van der Waals surface area contributed by atoms with E-state index in [1.165, 1.54) is 6.07 Å². The quantitative estimate of drug-likeness (QED) is 0.482. The molecule has 1 N–H and O–H groups in total. The molecule has 1 aromatic heterocycles. The summed E-state index contributed by atoms with van der Waals surface area (Å²) in [5.74, 6) is -0.269. The van der Waals surface area contributed by atoms with Crippen LogP contribution in [0.25, 0.3) is 0 Å². The Bertz CT molecular complexity index is 1130. The van der Waals surface area contributed by atoms with Gasteiger partial charge in [0.15, 0.2) is 0 Å². The maximum Gasteiger partial charge on any atom is 0.433 e. The fourth-order valence-electron chi connectivity index (χ4n) is 3.94. The van der Waals surface area contributed by atoms with Crippen LogP contribution >= 0.6 is 11.6 Å². The Morgan fingerprint density at radius 2 is 1.62 bits per heavy atom. The number of aromatic nitrogens is 1. The first kappa shape index (κ1) is 23.9. The highest BCUT2D eigenvalue weighted by Gasteiger charge is 2.32. The van der Waals surface area contributed by atoms with Gasteiger partial charge in [-0.3, -0.25) is 9.78 Å². The largest absolute Gasteiger partial charge is 0.433 e. The number of nitrogens with zero attached hydrogens (tertiary/aromatic N) is 3.